The molecule has 3 fully saturated rings. The summed E-state index contributed by atoms with van der Waals surface area (Å²) in [7, 11) is 0. The molecule has 35 heavy (non-hydrogen) atoms. The second-order valence-corrected chi connectivity index (χ2v) is 10.6. The number of fused-ring (bicyclic) bond motifs is 3. The first kappa shape index (κ1) is 21.6. The van der Waals surface area contributed by atoms with Crippen molar-refractivity contribution in [1.29, 1.82) is 0 Å². The van der Waals surface area contributed by atoms with Crippen LogP contribution in [-0.2, 0) is 20.6 Å². The summed E-state index contributed by atoms with van der Waals surface area (Å²) in [5.74, 6) is -0.0194. The first-order valence-electron chi connectivity index (χ1n) is 11.7. The fourth-order valence-corrected chi connectivity index (χ4v) is 6.19. The lowest BCUT2D eigenvalue weighted by Gasteiger charge is -2.47. The van der Waals surface area contributed by atoms with Crippen LogP contribution in [0.25, 0.3) is 11.2 Å². The third-order valence-corrected chi connectivity index (χ3v) is 7.68. The average Bonchev–Trinajstić information content (AvgIpc) is 3.51. The maximum atomic E-state index is 13.1. The van der Waals surface area contributed by atoms with Crippen LogP contribution in [0.1, 0.15) is 36.0 Å². The van der Waals surface area contributed by atoms with Gasteiger partial charge in [-0.15, -0.1) is 0 Å². The molecular formula is C24H24ClN5O5. The van der Waals surface area contributed by atoms with Crippen molar-refractivity contribution >= 4 is 34.4 Å². The summed E-state index contributed by atoms with van der Waals surface area (Å²) in [5.41, 5.74) is 2.54. The molecule has 3 saturated heterocycles. The minimum atomic E-state index is -0.795. The van der Waals surface area contributed by atoms with Gasteiger partial charge in [-0.25, -0.2) is 4.98 Å². The van der Waals surface area contributed by atoms with E-state index in [9.17, 15) is 9.90 Å². The largest absolute Gasteiger partial charge is 0.394 e. The summed E-state index contributed by atoms with van der Waals surface area (Å²) >= 11 is 6.36. The molecule has 182 valence electrons. The number of carbonyl (C=O) groups is 1. The van der Waals surface area contributed by atoms with Gasteiger partial charge in [0.25, 0.3) is 0 Å². The van der Waals surface area contributed by atoms with Crippen LogP contribution in [0, 0.1) is 5.41 Å². The van der Waals surface area contributed by atoms with E-state index in [-0.39, 0.29) is 17.7 Å². The number of ether oxygens (including phenoxy) is 3. The van der Waals surface area contributed by atoms with E-state index >= 15 is 0 Å². The molecule has 4 atom stereocenters. The highest BCUT2D eigenvalue weighted by Crippen LogP contribution is 2.47. The number of nitrogens with zero attached hydrogens (tertiary/aromatic N) is 5. The minimum Gasteiger partial charge on any atom is -0.394 e. The van der Waals surface area contributed by atoms with Crippen molar-refractivity contribution in [2.45, 2.75) is 50.6 Å². The van der Waals surface area contributed by atoms with Gasteiger partial charge in [0.15, 0.2) is 34.8 Å². The number of Topliss-reactive ketones (excluding diaryl/α,β-unsaturated/α-hetero) is 1. The Morgan fingerprint density at radius 1 is 1.17 bits per heavy atom. The molecule has 0 bridgehead atoms. The molecule has 1 spiro atoms. The van der Waals surface area contributed by atoms with Gasteiger partial charge in [-0.2, -0.15) is 9.97 Å². The number of aliphatic hydroxyl groups excluding tert-OH is 1. The smallest absolute Gasteiger partial charge is 0.226 e. The van der Waals surface area contributed by atoms with E-state index in [0.717, 1.165) is 17.5 Å². The lowest BCUT2D eigenvalue weighted by atomic mass is 9.76. The molecule has 1 aliphatic carbocycles. The average molecular weight is 498 g/mol. The molecular weight excluding hydrogens is 474 g/mol. The normalized spacial score (nSPS) is 30.2. The Bertz CT molecular complexity index is 1370. The van der Waals surface area contributed by atoms with Gasteiger partial charge in [0.05, 0.1) is 18.3 Å². The predicted octanol–water partition coefficient (Wildman–Crippen LogP) is 2.13. The molecule has 0 saturated carbocycles. The number of hydrogen-bond acceptors (Lipinski definition) is 9. The van der Waals surface area contributed by atoms with Crippen molar-refractivity contribution in [2.75, 3.05) is 24.6 Å². The number of imidazole rings is 1. The number of aromatic nitrogens is 4. The zero-order chi connectivity index (χ0) is 24.1. The molecule has 7 rings (SSSR count). The van der Waals surface area contributed by atoms with Crippen LogP contribution in [0.2, 0.25) is 5.28 Å². The molecule has 4 aliphatic rings. The van der Waals surface area contributed by atoms with E-state index in [0.29, 0.717) is 30.1 Å². The first-order valence-corrected chi connectivity index (χ1v) is 12.1. The molecule has 2 aromatic heterocycles. The SMILES string of the molecule is CC1(C)O[C@@H]2[C@H](O1)[C@@H](CO)O[C@H]2n1cnc2c(N3CC4(Cc5ccccc5C4=O)C3)nc(Cl)nc21. The van der Waals surface area contributed by atoms with Gasteiger partial charge in [-0.05, 0) is 37.4 Å². The Hall–Kier alpha value is -2.63. The highest BCUT2D eigenvalue weighted by atomic mass is 35.5. The van der Waals surface area contributed by atoms with Crippen LogP contribution < -0.4 is 4.90 Å². The lowest BCUT2D eigenvalue weighted by Crippen LogP contribution is -2.60. The Labute approximate surface area is 205 Å². The van der Waals surface area contributed by atoms with Crippen LogP contribution in [0.15, 0.2) is 30.6 Å². The van der Waals surface area contributed by atoms with E-state index in [1.165, 1.54) is 0 Å². The van der Waals surface area contributed by atoms with Crippen LogP contribution >= 0.6 is 11.6 Å². The Morgan fingerprint density at radius 2 is 1.94 bits per heavy atom. The summed E-state index contributed by atoms with van der Waals surface area (Å²) in [4.78, 5) is 28.7. The molecule has 11 heteroatoms. The van der Waals surface area contributed by atoms with Crippen LogP contribution in [0.3, 0.4) is 0 Å². The molecule has 10 nitrogen and oxygen atoms in total. The highest BCUT2D eigenvalue weighted by Gasteiger charge is 2.57. The first-order chi connectivity index (χ1) is 16.8. The molecule has 0 unspecified atom stereocenters. The number of ketones is 1. The van der Waals surface area contributed by atoms with E-state index in [1.54, 1.807) is 10.9 Å². The van der Waals surface area contributed by atoms with Gasteiger partial charge >= 0.3 is 0 Å². The van der Waals surface area contributed by atoms with E-state index < -0.39 is 35.7 Å². The predicted molar refractivity (Wildman–Crippen MR) is 124 cm³/mol. The third-order valence-electron chi connectivity index (χ3n) is 7.51. The molecule has 3 aliphatic heterocycles. The van der Waals surface area contributed by atoms with Crippen LogP contribution in [-0.4, -0.2) is 74.2 Å². The monoisotopic (exact) mass is 497 g/mol. The quantitative estimate of drug-likeness (QED) is 0.544. The van der Waals surface area contributed by atoms with Crippen molar-refractivity contribution in [3.8, 4) is 0 Å². The highest BCUT2D eigenvalue weighted by molar-refractivity contribution is 6.28. The van der Waals surface area contributed by atoms with Crippen molar-refractivity contribution in [1.82, 2.24) is 19.5 Å². The molecule has 5 heterocycles. The Balaban J connectivity index is 1.21. The lowest BCUT2D eigenvalue weighted by molar-refractivity contribution is -0.199. The molecule has 1 aromatic carbocycles. The summed E-state index contributed by atoms with van der Waals surface area (Å²) in [6, 6.07) is 7.81. The summed E-state index contributed by atoms with van der Waals surface area (Å²) in [6.45, 7) is 4.55. The van der Waals surface area contributed by atoms with Gasteiger partial charge in [0.2, 0.25) is 5.28 Å². The number of aliphatic hydroxyl groups is 1. The minimum absolute atomic E-state index is 0.0772. The van der Waals surface area contributed by atoms with Crippen LogP contribution in [0.4, 0.5) is 5.82 Å². The Kier molecular flexibility index (Phi) is 4.45. The van der Waals surface area contributed by atoms with Crippen molar-refractivity contribution < 1.29 is 24.1 Å². The summed E-state index contributed by atoms with van der Waals surface area (Å²) < 4.78 is 19.9. The third kappa shape index (κ3) is 3.04. The molecule has 0 amide bonds. The van der Waals surface area contributed by atoms with Crippen molar-refractivity contribution in [3.63, 3.8) is 0 Å². The van der Waals surface area contributed by atoms with Gasteiger partial charge < -0.3 is 24.2 Å². The molecule has 3 aromatic rings. The van der Waals surface area contributed by atoms with Crippen molar-refractivity contribution in [2.24, 2.45) is 5.41 Å². The second kappa shape index (κ2) is 7.21. The standard InChI is InChI=1S/C24H24ClN5O5/c1-23(2)34-16-14(8-31)33-21(17(16)35-23)30-11-26-15-19(27-22(25)28-20(15)30)29-9-24(10-29)7-12-5-3-4-6-13(12)18(24)32/h3-6,11,14,16-17,21,31H,7-10H2,1-2H3/t14-,16-,17-,21-/m1/s1. The summed E-state index contributed by atoms with van der Waals surface area (Å²) in [6.07, 6.45) is 0.353. The molecule has 0 radical (unpaired) electrons. The van der Waals surface area contributed by atoms with E-state index in [2.05, 4.69) is 15.0 Å². The zero-order valence-corrected chi connectivity index (χ0v) is 20.0. The number of benzene rings is 1. The Morgan fingerprint density at radius 3 is 2.71 bits per heavy atom. The topological polar surface area (TPSA) is 112 Å². The fourth-order valence-electron chi connectivity index (χ4n) is 6.03. The van der Waals surface area contributed by atoms with E-state index in [4.69, 9.17) is 25.8 Å². The van der Waals surface area contributed by atoms with Gasteiger partial charge in [-0.1, -0.05) is 24.3 Å². The molecule has 1 N–H and O–H groups in total. The fraction of sp³-hybridized carbons (Fsp3) is 0.500. The van der Waals surface area contributed by atoms with Crippen LogP contribution in [0.5, 0.6) is 0 Å². The van der Waals surface area contributed by atoms with Gasteiger partial charge in [0.1, 0.15) is 18.3 Å². The maximum absolute atomic E-state index is 13.1. The zero-order valence-electron chi connectivity index (χ0n) is 19.2. The maximum Gasteiger partial charge on any atom is 0.226 e. The van der Waals surface area contributed by atoms with E-state index in [1.807, 2.05) is 43.0 Å². The number of hydrogen-bond donors (Lipinski definition) is 1. The number of carbonyl (C=O) groups excluding carboxylic acids is 1. The second-order valence-electron chi connectivity index (χ2n) is 10.3. The summed E-state index contributed by atoms with van der Waals surface area (Å²) in [5, 5.41) is 9.91. The number of halogens is 1. The van der Waals surface area contributed by atoms with Gasteiger partial charge in [-0.3, -0.25) is 9.36 Å². The number of rotatable bonds is 3. The van der Waals surface area contributed by atoms with Crippen molar-refractivity contribution in [3.05, 3.63) is 47.0 Å². The van der Waals surface area contributed by atoms with Gasteiger partial charge in [0, 0.05) is 18.7 Å². The number of anilines is 1.